The molecular formula is C24H27O4P. The molecule has 0 unspecified atom stereocenters. The minimum absolute atomic E-state index is 0.168. The Labute approximate surface area is 172 Å². The number of rotatable bonds is 6. The molecule has 0 saturated heterocycles. The van der Waals surface area contributed by atoms with Gasteiger partial charge in [-0.05, 0) is 45.7 Å². The Bertz CT molecular complexity index is 1020. The van der Waals surface area contributed by atoms with Gasteiger partial charge < -0.3 is 4.52 Å². The molecule has 5 heteroatoms. The molecule has 0 aromatic heterocycles. The zero-order valence-corrected chi connectivity index (χ0v) is 18.1. The molecule has 29 heavy (non-hydrogen) atoms. The lowest BCUT2D eigenvalue weighted by Gasteiger charge is -2.17. The van der Waals surface area contributed by atoms with Gasteiger partial charge in [0.05, 0.1) is 0 Å². The van der Waals surface area contributed by atoms with Crippen LogP contribution in [-0.4, -0.2) is 9.79 Å². The minimum atomic E-state index is -4.69. The molecule has 0 aliphatic carbocycles. The molecule has 3 aromatic carbocycles. The third-order valence-electron chi connectivity index (χ3n) is 5.00. The van der Waals surface area contributed by atoms with Crippen molar-refractivity contribution < 1.29 is 18.9 Å². The fraction of sp³-hybridized carbons (Fsp3) is 0.250. The predicted octanol–water partition coefficient (Wildman–Crippen LogP) is 6.74. The van der Waals surface area contributed by atoms with E-state index in [0.717, 1.165) is 16.7 Å². The van der Waals surface area contributed by atoms with Crippen LogP contribution >= 0.6 is 7.82 Å². The Hall–Kier alpha value is -2.39. The summed E-state index contributed by atoms with van der Waals surface area (Å²) in [5.41, 5.74) is 5.78. The topological polar surface area (TPSA) is 66.8 Å². The van der Waals surface area contributed by atoms with E-state index in [1.807, 2.05) is 42.5 Å². The molecule has 3 aromatic rings. The van der Waals surface area contributed by atoms with E-state index in [0.29, 0.717) is 17.4 Å². The highest BCUT2D eigenvalue weighted by molar-refractivity contribution is 7.46. The third kappa shape index (κ3) is 5.16. The molecule has 0 fully saturated rings. The Morgan fingerprint density at radius 1 is 0.724 bits per heavy atom. The summed E-state index contributed by atoms with van der Waals surface area (Å²) in [5, 5.41) is 0. The van der Waals surface area contributed by atoms with Crippen molar-refractivity contribution >= 4 is 7.82 Å². The van der Waals surface area contributed by atoms with E-state index in [1.54, 1.807) is 12.1 Å². The molecule has 152 valence electrons. The van der Waals surface area contributed by atoms with Crippen molar-refractivity contribution in [2.75, 3.05) is 0 Å². The van der Waals surface area contributed by atoms with Crippen LogP contribution in [0.15, 0.2) is 66.7 Å². The molecule has 0 atom stereocenters. The SMILES string of the molecule is CC(C)c1ccc(-c2cccc(OP(=O)(O)O)c2-c2ccc(C(C)C)cc2)cc1. The number of hydrogen-bond acceptors (Lipinski definition) is 2. The maximum Gasteiger partial charge on any atom is 0.524 e. The van der Waals surface area contributed by atoms with E-state index < -0.39 is 7.82 Å². The first-order chi connectivity index (χ1) is 13.7. The molecule has 3 rings (SSSR count). The van der Waals surface area contributed by atoms with Gasteiger partial charge in [-0.2, -0.15) is 0 Å². The average molecular weight is 410 g/mol. The smallest absolute Gasteiger partial charge is 0.404 e. The molecule has 0 heterocycles. The van der Waals surface area contributed by atoms with Crippen LogP contribution in [0.2, 0.25) is 0 Å². The average Bonchev–Trinajstić information content (AvgIpc) is 2.67. The van der Waals surface area contributed by atoms with E-state index in [2.05, 4.69) is 39.8 Å². The summed E-state index contributed by atoms with van der Waals surface area (Å²) in [6, 6.07) is 21.6. The van der Waals surface area contributed by atoms with Crippen LogP contribution in [0.25, 0.3) is 22.3 Å². The minimum Gasteiger partial charge on any atom is -0.404 e. The van der Waals surface area contributed by atoms with E-state index in [9.17, 15) is 14.4 Å². The number of phosphoric ester groups is 1. The Balaban J connectivity index is 2.17. The van der Waals surface area contributed by atoms with Crippen LogP contribution in [0.1, 0.15) is 50.7 Å². The molecule has 0 spiro atoms. The lowest BCUT2D eigenvalue weighted by Crippen LogP contribution is -1.96. The monoisotopic (exact) mass is 410 g/mol. The van der Waals surface area contributed by atoms with E-state index >= 15 is 0 Å². The lowest BCUT2D eigenvalue weighted by molar-refractivity contribution is 0.283. The molecule has 0 saturated carbocycles. The molecule has 4 nitrogen and oxygen atoms in total. The highest BCUT2D eigenvalue weighted by Gasteiger charge is 2.21. The second-order valence-corrected chi connectivity index (χ2v) is 8.98. The van der Waals surface area contributed by atoms with Gasteiger partial charge in [0.1, 0.15) is 5.75 Å². The van der Waals surface area contributed by atoms with Gasteiger partial charge in [-0.25, -0.2) is 4.57 Å². The molecule has 0 aliphatic heterocycles. The quantitative estimate of drug-likeness (QED) is 0.442. The highest BCUT2D eigenvalue weighted by atomic mass is 31.2. The van der Waals surface area contributed by atoms with Crippen molar-refractivity contribution in [2.24, 2.45) is 0 Å². The first-order valence-electron chi connectivity index (χ1n) is 9.74. The van der Waals surface area contributed by atoms with Crippen LogP contribution in [0.5, 0.6) is 5.75 Å². The molecular weight excluding hydrogens is 383 g/mol. The summed E-state index contributed by atoms with van der Waals surface area (Å²) >= 11 is 0. The summed E-state index contributed by atoms with van der Waals surface area (Å²) in [6.07, 6.45) is 0. The van der Waals surface area contributed by atoms with Crippen molar-refractivity contribution in [3.63, 3.8) is 0 Å². The van der Waals surface area contributed by atoms with Gasteiger partial charge in [0, 0.05) is 5.56 Å². The summed E-state index contributed by atoms with van der Waals surface area (Å²) < 4.78 is 16.6. The zero-order chi connectivity index (χ0) is 21.2. The van der Waals surface area contributed by atoms with Crippen molar-refractivity contribution in [3.05, 3.63) is 77.9 Å². The van der Waals surface area contributed by atoms with Crippen LogP contribution in [-0.2, 0) is 4.57 Å². The maximum absolute atomic E-state index is 11.6. The van der Waals surface area contributed by atoms with Gasteiger partial charge in [0.25, 0.3) is 0 Å². The summed E-state index contributed by atoms with van der Waals surface area (Å²) in [5.74, 6) is 0.992. The Morgan fingerprint density at radius 2 is 1.21 bits per heavy atom. The molecule has 0 amide bonds. The Kier molecular flexibility index (Phi) is 6.28. The third-order valence-corrected chi connectivity index (χ3v) is 5.43. The van der Waals surface area contributed by atoms with Gasteiger partial charge >= 0.3 is 7.82 Å². The maximum atomic E-state index is 11.6. The summed E-state index contributed by atoms with van der Waals surface area (Å²) in [4.78, 5) is 18.8. The zero-order valence-electron chi connectivity index (χ0n) is 17.2. The number of phosphoric acid groups is 1. The van der Waals surface area contributed by atoms with E-state index in [4.69, 9.17) is 4.52 Å². The van der Waals surface area contributed by atoms with Crippen molar-refractivity contribution in [2.45, 2.75) is 39.5 Å². The van der Waals surface area contributed by atoms with E-state index in [-0.39, 0.29) is 5.75 Å². The standard InChI is InChI=1S/C24H27O4P/c1-16(2)18-8-12-20(13-9-18)22-6-5-7-23(28-29(25,26)27)24(22)21-14-10-19(11-15-21)17(3)4/h5-17H,1-4H3,(H2,25,26,27). The first-order valence-corrected chi connectivity index (χ1v) is 11.3. The van der Waals surface area contributed by atoms with Gasteiger partial charge in [0.2, 0.25) is 0 Å². The predicted molar refractivity (Wildman–Crippen MR) is 118 cm³/mol. The van der Waals surface area contributed by atoms with Gasteiger partial charge in [-0.15, -0.1) is 0 Å². The molecule has 0 radical (unpaired) electrons. The van der Waals surface area contributed by atoms with Crippen LogP contribution < -0.4 is 4.52 Å². The Morgan fingerprint density at radius 3 is 1.66 bits per heavy atom. The number of hydrogen-bond donors (Lipinski definition) is 2. The highest BCUT2D eigenvalue weighted by Crippen LogP contribution is 2.46. The van der Waals surface area contributed by atoms with Gasteiger partial charge in [-0.3, -0.25) is 9.79 Å². The van der Waals surface area contributed by atoms with Crippen molar-refractivity contribution in [1.29, 1.82) is 0 Å². The summed E-state index contributed by atoms with van der Waals surface area (Å²) in [6.45, 7) is 8.54. The fourth-order valence-electron chi connectivity index (χ4n) is 3.36. The second-order valence-electron chi connectivity index (χ2n) is 7.81. The van der Waals surface area contributed by atoms with Crippen LogP contribution in [0.3, 0.4) is 0 Å². The van der Waals surface area contributed by atoms with Crippen LogP contribution in [0, 0.1) is 0 Å². The van der Waals surface area contributed by atoms with Crippen LogP contribution in [0.4, 0.5) is 0 Å². The van der Waals surface area contributed by atoms with Crippen molar-refractivity contribution in [1.82, 2.24) is 0 Å². The lowest BCUT2D eigenvalue weighted by atomic mass is 9.91. The molecule has 0 bridgehead atoms. The summed E-state index contributed by atoms with van der Waals surface area (Å²) in [7, 11) is -4.69. The van der Waals surface area contributed by atoms with Gasteiger partial charge in [-0.1, -0.05) is 88.4 Å². The molecule has 0 aliphatic rings. The van der Waals surface area contributed by atoms with Gasteiger partial charge in [0.15, 0.2) is 0 Å². The van der Waals surface area contributed by atoms with E-state index in [1.165, 1.54) is 11.1 Å². The normalized spacial score (nSPS) is 11.9. The van der Waals surface area contributed by atoms with Crippen molar-refractivity contribution in [3.8, 4) is 28.0 Å². The fourth-order valence-corrected chi connectivity index (χ4v) is 3.76. The molecule has 2 N–H and O–H groups in total. The second kappa shape index (κ2) is 8.54. The largest absolute Gasteiger partial charge is 0.524 e. The first kappa shape index (κ1) is 21.3. The number of benzene rings is 3.